The first-order chi connectivity index (χ1) is 11.9. The zero-order valence-corrected chi connectivity index (χ0v) is 13.5. The summed E-state index contributed by atoms with van der Waals surface area (Å²) in [6, 6.07) is 8.38. The van der Waals surface area contributed by atoms with Gasteiger partial charge in [-0.3, -0.25) is 19.3 Å². The molecular formula is C19H15FN2O3. The highest BCUT2D eigenvalue weighted by Crippen LogP contribution is 2.25. The predicted octanol–water partition coefficient (Wildman–Crippen LogP) is 3.17. The maximum Gasteiger partial charge on any atom is 0.261 e. The van der Waals surface area contributed by atoms with Gasteiger partial charge in [-0.2, -0.15) is 0 Å². The van der Waals surface area contributed by atoms with Crippen LogP contribution in [0.15, 0.2) is 49.1 Å². The third-order valence-electron chi connectivity index (χ3n) is 3.99. The predicted molar refractivity (Wildman–Crippen MR) is 91.1 cm³/mol. The first kappa shape index (κ1) is 16.6. The first-order valence-electron chi connectivity index (χ1n) is 7.61. The van der Waals surface area contributed by atoms with Crippen LogP contribution in [-0.2, 0) is 0 Å². The number of nitrogens with one attached hydrogen (secondary N) is 1. The molecule has 1 aliphatic heterocycles. The molecule has 0 atom stereocenters. The summed E-state index contributed by atoms with van der Waals surface area (Å²) in [5, 5.41) is 2.62. The van der Waals surface area contributed by atoms with E-state index in [2.05, 4.69) is 11.9 Å². The van der Waals surface area contributed by atoms with Gasteiger partial charge in [0.25, 0.3) is 17.7 Å². The van der Waals surface area contributed by atoms with Crippen molar-refractivity contribution in [3.63, 3.8) is 0 Å². The number of hydrogen-bond acceptors (Lipinski definition) is 3. The largest absolute Gasteiger partial charge is 0.322 e. The van der Waals surface area contributed by atoms with E-state index in [9.17, 15) is 18.8 Å². The SMILES string of the molecule is C=CCN1C(=O)c2ccc(C(=O)Nc3cc(F)ccc3C)cc2C1=O. The summed E-state index contributed by atoms with van der Waals surface area (Å²) in [6.45, 7) is 5.37. The number of anilines is 1. The van der Waals surface area contributed by atoms with Crippen LogP contribution in [0, 0.1) is 12.7 Å². The van der Waals surface area contributed by atoms with Crippen LogP contribution in [0.2, 0.25) is 0 Å². The van der Waals surface area contributed by atoms with E-state index in [1.165, 1.54) is 36.4 Å². The van der Waals surface area contributed by atoms with E-state index in [4.69, 9.17) is 0 Å². The van der Waals surface area contributed by atoms with Crippen LogP contribution in [0.25, 0.3) is 0 Å². The minimum absolute atomic E-state index is 0.108. The smallest absolute Gasteiger partial charge is 0.261 e. The number of carbonyl (C=O) groups excluding carboxylic acids is 3. The number of aryl methyl sites for hydroxylation is 1. The number of hydrogen-bond donors (Lipinski definition) is 1. The van der Waals surface area contributed by atoms with Crippen LogP contribution in [0.1, 0.15) is 36.6 Å². The molecule has 0 saturated carbocycles. The van der Waals surface area contributed by atoms with Crippen molar-refractivity contribution in [3.05, 3.63) is 77.1 Å². The zero-order chi connectivity index (χ0) is 18.1. The fourth-order valence-electron chi connectivity index (χ4n) is 2.65. The lowest BCUT2D eigenvalue weighted by molar-refractivity contribution is 0.0672. The Bertz CT molecular complexity index is 921. The van der Waals surface area contributed by atoms with Gasteiger partial charge < -0.3 is 5.32 Å². The molecule has 0 radical (unpaired) electrons. The summed E-state index contributed by atoms with van der Waals surface area (Å²) < 4.78 is 13.3. The molecule has 2 aromatic rings. The topological polar surface area (TPSA) is 66.5 Å². The van der Waals surface area contributed by atoms with Gasteiger partial charge in [0.15, 0.2) is 0 Å². The van der Waals surface area contributed by atoms with Crippen molar-refractivity contribution in [2.24, 2.45) is 0 Å². The van der Waals surface area contributed by atoms with Crippen molar-refractivity contribution in [3.8, 4) is 0 Å². The quantitative estimate of drug-likeness (QED) is 0.688. The molecule has 126 valence electrons. The Morgan fingerprint density at radius 3 is 2.60 bits per heavy atom. The van der Waals surface area contributed by atoms with Gasteiger partial charge in [-0.25, -0.2) is 4.39 Å². The van der Waals surface area contributed by atoms with Gasteiger partial charge in [0.1, 0.15) is 5.82 Å². The van der Waals surface area contributed by atoms with E-state index >= 15 is 0 Å². The molecule has 25 heavy (non-hydrogen) atoms. The summed E-state index contributed by atoms with van der Waals surface area (Å²) in [5.41, 5.74) is 1.70. The molecule has 2 aromatic carbocycles. The fraction of sp³-hybridized carbons (Fsp3) is 0.105. The number of carbonyl (C=O) groups is 3. The molecule has 0 unspecified atom stereocenters. The van der Waals surface area contributed by atoms with Crippen molar-refractivity contribution < 1.29 is 18.8 Å². The van der Waals surface area contributed by atoms with Gasteiger partial charge in [0, 0.05) is 17.8 Å². The maximum absolute atomic E-state index is 13.3. The van der Waals surface area contributed by atoms with E-state index in [0.717, 1.165) is 4.90 Å². The third-order valence-corrected chi connectivity index (χ3v) is 3.99. The van der Waals surface area contributed by atoms with Crippen LogP contribution < -0.4 is 5.32 Å². The van der Waals surface area contributed by atoms with Crippen molar-refractivity contribution >= 4 is 23.4 Å². The first-order valence-corrected chi connectivity index (χ1v) is 7.61. The van der Waals surface area contributed by atoms with E-state index in [-0.39, 0.29) is 23.2 Å². The van der Waals surface area contributed by atoms with E-state index in [0.29, 0.717) is 11.3 Å². The molecule has 0 aliphatic carbocycles. The Labute approximate surface area is 143 Å². The van der Waals surface area contributed by atoms with Crippen LogP contribution in [0.4, 0.5) is 10.1 Å². The van der Waals surface area contributed by atoms with E-state index in [1.807, 2.05) is 0 Å². The number of amides is 3. The number of rotatable bonds is 4. The normalized spacial score (nSPS) is 13.0. The molecule has 0 saturated heterocycles. The van der Waals surface area contributed by atoms with Crippen molar-refractivity contribution in [2.45, 2.75) is 6.92 Å². The summed E-state index contributed by atoms with van der Waals surface area (Å²) in [6.07, 6.45) is 1.46. The number of fused-ring (bicyclic) bond motifs is 1. The Morgan fingerprint density at radius 1 is 1.16 bits per heavy atom. The average Bonchev–Trinajstić information content (AvgIpc) is 2.83. The highest BCUT2D eigenvalue weighted by Gasteiger charge is 2.35. The van der Waals surface area contributed by atoms with Crippen LogP contribution in [-0.4, -0.2) is 29.2 Å². The second kappa shape index (κ2) is 6.32. The molecule has 3 amide bonds. The van der Waals surface area contributed by atoms with Crippen molar-refractivity contribution in [1.82, 2.24) is 4.90 Å². The van der Waals surface area contributed by atoms with Crippen LogP contribution in [0.3, 0.4) is 0 Å². The Kier molecular flexibility index (Phi) is 4.19. The number of imide groups is 1. The van der Waals surface area contributed by atoms with Gasteiger partial charge in [0.05, 0.1) is 11.1 Å². The summed E-state index contributed by atoms with van der Waals surface area (Å²) >= 11 is 0. The molecular weight excluding hydrogens is 323 g/mol. The molecule has 5 nitrogen and oxygen atoms in total. The molecule has 1 N–H and O–H groups in total. The minimum Gasteiger partial charge on any atom is -0.322 e. The third kappa shape index (κ3) is 2.94. The molecule has 0 bridgehead atoms. The number of nitrogens with zero attached hydrogens (tertiary/aromatic N) is 1. The van der Waals surface area contributed by atoms with E-state index < -0.39 is 23.5 Å². The molecule has 3 rings (SSSR count). The second-order valence-electron chi connectivity index (χ2n) is 5.68. The summed E-state index contributed by atoms with van der Waals surface area (Å²) in [4.78, 5) is 38.0. The highest BCUT2D eigenvalue weighted by atomic mass is 19.1. The van der Waals surface area contributed by atoms with Crippen LogP contribution in [0.5, 0.6) is 0 Å². The van der Waals surface area contributed by atoms with Gasteiger partial charge in [-0.15, -0.1) is 6.58 Å². The molecule has 0 fully saturated rings. The Balaban J connectivity index is 1.89. The molecule has 1 heterocycles. The molecule has 6 heteroatoms. The lowest BCUT2D eigenvalue weighted by atomic mass is 10.0. The van der Waals surface area contributed by atoms with Gasteiger partial charge in [0.2, 0.25) is 0 Å². The monoisotopic (exact) mass is 338 g/mol. The number of benzene rings is 2. The molecule has 0 aromatic heterocycles. The van der Waals surface area contributed by atoms with Gasteiger partial charge in [-0.1, -0.05) is 12.1 Å². The average molecular weight is 338 g/mol. The lowest BCUT2D eigenvalue weighted by Gasteiger charge is -2.09. The second-order valence-corrected chi connectivity index (χ2v) is 5.68. The van der Waals surface area contributed by atoms with Gasteiger partial charge in [-0.05, 0) is 42.8 Å². The molecule has 1 aliphatic rings. The molecule has 0 spiro atoms. The Hall–Kier alpha value is -3.28. The lowest BCUT2D eigenvalue weighted by Crippen LogP contribution is -2.29. The highest BCUT2D eigenvalue weighted by molar-refractivity contribution is 6.22. The van der Waals surface area contributed by atoms with Crippen molar-refractivity contribution in [1.29, 1.82) is 0 Å². The van der Waals surface area contributed by atoms with E-state index in [1.54, 1.807) is 13.0 Å². The van der Waals surface area contributed by atoms with Gasteiger partial charge >= 0.3 is 0 Å². The summed E-state index contributed by atoms with van der Waals surface area (Å²) in [5.74, 6) is -1.82. The fourth-order valence-corrected chi connectivity index (χ4v) is 2.65. The minimum atomic E-state index is -0.487. The van der Waals surface area contributed by atoms with Crippen molar-refractivity contribution in [2.75, 3.05) is 11.9 Å². The standard InChI is InChI=1S/C19H15FN2O3/c1-3-8-22-18(24)14-7-5-12(9-15(14)19(22)25)17(23)21-16-10-13(20)6-4-11(16)2/h3-7,9-10H,1,8H2,2H3,(H,21,23). The maximum atomic E-state index is 13.3. The summed E-state index contributed by atoms with van der Waals surface area (Å²) in [7, 11) is 0. The number of halogens is 1. The Morgan fingerprint density at radius 2 is 1.88 bits per heavy atom. The van der Waals surface area contributed by atoms with Crippen LogP contribution >= 0.6 is 0 Å². The zero-order valence-electron chi connectivity index (χ0n) is 13.5.